The summed E-state index contributed by atoms with van der Waals surface area (Å²) in [4.78, 5) is 41.5. The van der Waals surface area contributed by atoms with Gasteiger partial charge in [-0.15, -0.1) is 0 Å². The van der Waals surface area contributed by atoms with E-state index < -0.39 is 29.9 Å². The first kappa shape index (κ1) is 27.8. The number of rotatable bonds is 11. The van der Waals surface area contributed by atoms with E-state index in [1.54, 1.807) is 13.8 Å². The summed E-state index contributed by atoms with van der Waals surface area (Å²) < 4.78 is 16.7. The quantitative estimate of drug-likeness (QED) is 0.437. The molecular formula is C30H38N2O6. The van der Waals surface area contributed by atoms with Crippen molar-refractivity contribution < 1.29 is 28.6 Å². The highest BCUT2D eigenvalue weighted by Crippen LogP contribution is 2.51. The van der Waals surface area contributed by atoms with Gasteiger partial charge in [0.15, 0.2) is 12.0 Å². The van der Waals surface area contributed by atoms with E-state index in [0.29, 0.717) is 19.3 Å². The molecule has 0 spiro atoms. The summed E-state index contributed by atoms with van der Waals surface area (Å²) in [5, 5.41) is 0. The molecule has 204 valence electrons. The van der Waals surface area contributed by atoms with Crippen LogP contribution in [0.3, 0.4) is 0 Å². The highest BCUT2D eigenvalue weighted by molar-refractivity contribution is 5.93. The molecule has 5 atom stereocenters. The fourth-order valence-corrected chi connectivity index (χ4v) is 6.11. The maximum absolute atomic E-state index is 13.7. The van der Waals surface area contributed by atoms with E-state index in [-0.39, 0.29) is 37.4 Å². The summed E-state index contributed by atoms with van der Waals surface area (Å²) in [7, 11) is 0. The zero-order valence-corrected chi connectivity index (χ0v) is 22.2. The van der Waals surface area contributed by atoms with Crippen molar-refractivity contribution in [2.24, 2.45) is 17.6 Å². The van der Waals surface area contributed by atoms with Gasteiger partial charge in [0.1, 0.15) is 6.61 Å². The Morgan fingerprint density at radius 2 is 1.68 bits per heavy atom. The molecule has 0 aromatic heterocycles. The van der Waals surface area contributed by atoms with E-state index in [0.717, 1.165) is 24.0 Å². The van der Waals surface area contributed by atoms with Gasteiger partial charge in [-0.25, -0.2) is 4.79 Å². The van der Waals surface area contributed by atoms with Crippen LogP contribution in [0, 0.1) is 11.8 Å². The molecule has 0 amide bonds. The lowest BCUT2D eigenvalue weighted by atomic mass is 9.80. The third-order valence-electron chi connectivity index (χ3n) is 7.77. The van der Waals surface area contributed by atoms with Gasteiger partial charge >= 0.3 is 12.1 Å². The van der Waals surface area contributed by atoms with E-state index in [4.69, 9.17) is 19.9 Å². The van der Waals surface area contributed by atoms with Crippen LogP contribution >= 0.6 is 0 Å². The SMILES string of the molecule is CCOC(=O)[C@@H](Cc1ccccc1)CN1[C@@H](OC(=O)OCc2ccccc2)C[C@@H]2CCC[C@@]21C(=O)C(C)N. The minimum atomic E-state index is -0.889. The molecule has 1 unspecified atom stereocenters. The Balaban J connectivity index is 1.60. The van der Waals surface area contributed by atoms with E-state index in [1.807, 2.05) is 65.6 Å². The first-order valence-electron chi connectivity index (χ1n) is 13.5. The number of hydrogen-bond acceptors (Lipinski definition) is 8. The zero-order valence-electron chi connectivity index (χ0n) is 22.2. The topological polar surface area (TPSA) is 108 Å². The largest absolute Gasteiger partial charge is 0.510 e. The summed E-state index contributed by atoms with van der Waals surface area (Å²) in [6.45, 7) is 4.01. The van der Waals surface area contributed by atoms with E-state index in [1.165, 1.54) is 0 Å². The molecule has 2 fully saturated rings. The molecule has 38 heavy (non-hydrogen) atoms. The number of likely N-dealkylation sites (tertiary alicyclic amines) is 1. The number of nitrogens with two attached hydrogens (primary N) is 1. The third-order valence-corrected chi connectivity index (χ3v) is 7.77. The van der Waals surface area contributed by atoms with Gasteiger partial charge in [0.05, 0.1) is 24.1 Å². The molecule has 4 rings (SSSR count). The molecule has 2 aliphatic rings. The van der Waals surface area contributed by atoms with Crippen LogP contribution in [-0.2, 0) is 36.8 Å². The summed E-state index contributed by atoms with van der Waals surface area (Å²) >= 11 is 0. The second-order valence-corrected chi connectivity index (χ2v) is 10.3. The van der Waals surface area contributed by atoms with Gasteiger partial charge in [-0.3, -0.25) is 14.5 Å². The summed E-state index contributed by atoms with van der Waals surface area (Å²) in [6, 6.07) is 18.4. The molecule has 8 nitrogen and oxygen atoms in total. The van der Waals surface area contributed by atoms with Crippen molar-refractivity contribution in [2.75, 3.05) is 13.2 Å². The lowest BCUT2D eigenvalue weighted by Gasteiger charge is -2.41. The predicted octanol–water partition coefficient (Wildman–Crippen LogP) is 4.25. The smallest absolute Gasteiger partial charge is 0.466 e. The standard InChI is InChI=1S/C30H38N2O6/c1-3-36-28(34)24(17-22-11-6-4-7-12-22)19-32-26(38-29(35)37-20-23-13-8-5-9-14-23)18-25-15-10-16-30(25,32)27(33)21(2)31/h4-9,11-14,21,24-26H,3,10,15-20,31H2,1-2H3/t21?,24-,25-,26-,30-/m0/s1. The van der Waals surface area contributed by atoms with Gasteiger partial charge in [0.25, 0.3) is 0 Å². The van der Waals surface area contributed by atoms with Crippen LogP contribution in [0.5, 0.6) is 0 Å². The number of ketones is 1. The number of carbonyl (C=O) groups is 3. The number of nitrogens with zero attached hydrogens (tertiary/aromatic N) is 1. The summed E-state index contributed by atoms with van der Waals surface area (Å²) in [6.07, 6.45) is 1.72. The van der Waals surface area contributed by atoms with Gasteiger partial charge in [-0.2, -0.15) is 0 Å². The third kappa shape index (κ3) is 6.08. The molecule has 1 saturated heterocycles. The Kier molecular flexibility index (Phi) is 9.17. The van der Waals surface area contributed by atoms with Gasteiger partial charge in [-0.05, 0) is 50.2 Å². The number of ether oxygens (including phenoxy) is 3. The molecule has 1 aliphatic heterocycles. The Hall–Kier alpha value is -3.23. The van der Waals surface area contributed by atoms with Gasteiger partial charge in [0, 0.05) is 13.0 Å². The molecule has 0 bridgehead atoms. The Labute approximate surface area is 224 Å². The lowest BCUT2D eigenvalue weighted by molar-refractivity contribution is -0.153. The number of fused-ring (bicyclic) bond motifs is 1. The van der Waals surface area contributed by atoms with Crippen molar-refractivity contribution in [3.8, 4) is 0 Å². The first-order valence-corrected chi connectivity index (χ1v) is 13.5. The van der Waals surface area contributed by atoms with E-state index in [9.17, 15) is 14.4 Å². The summed E-state index contributed by atoms with van der Waals surface area (Å²) in [5.74, 6) is -0.994. The average Bonchev–Trinajstić information content (AvgIpc) is 3.45. The second-order valence-electron chi connectivity index (χ2n) is 10.3. The molecule has 0 radical (unpaired) electrons. The Morgan fingerprint density at radius 1 is 1.03 bits per heavy atom. The molecule has 1 saturated carbocycles. The molecule has 2 N–H and O–H groups in total. The minimum absolute atomic E-state index is 0.0208. The number of benzene rings is 2. The van der Waals surface area contributed by atoms with Gasteiger partial charge in [-0.1, -0.05) is 67.1 Å². The molecule has 2 aromatic carbocycles. The zero-order chi connectivity index (χ0) is 27.1. The summed E-state index contributed by atoms with van der Waals surface area (Å²) in [5.41, 5.74) is 7.09. The van der Waals surface area contributed by atoms with Crippen molar-refractivity contribution in [3.63, 3.8) is 0 Å². The highest BCUT2D eigenvalue weighted by atomic mass is 16.7. The van der Waals surface area contributed by atoms with Crippen molar-refractivity contribution in [3.05, 3.63) is 71.8 Å². The molecule has 2 aromatic rings. The maximum atomic E-state index is 13.7. The fraction of sp³-hybridized carbons (Fsp3) is 0.500. The number of esters is 1. The van der Waals surface area contributed by atoms with Crippen LogP contribution in [0.2, 0.25) is 0 Å². The lowest BCUT2D eigenvalue weighted by Crippen LogP contribution is -2.60. The van der Waals surface area contributed by atoms with Crippen LogP contribution in [0.4, 0.5) is 4.79 Å². The molecular weight excluding hydrogens is 484 g/mol. The van der Waals surface area contributed by atoms with Crippen molar-refractivity contribution >= 4 is 17.9 Å². The normalized spacial score (nSPS) is 24.3. The first-order chi connectivity index (χ1) is 18.3. The van der Waals surface area contributed by atoms with Crippen LogP contribution in [-0.4, -0.2) is 53.8 Å². The van der Waals surface area contributed by atoms with Crippen molar-refractivity contribution in [1.82, 2.24) is 4.90 Å². The highest BCUT2D eigenvalue weighted by Gasteiger charge is 2.61. The van der Waals surface area contributed by atoms with Gasteiger partial charge in [0.2, 0.25) is 0 Å². The van der Waals surface area contributed by atoms with E-state index >= 15 is 0 Å². The molecule has 1 heterocycles. The number of carbonyl (C=O) groups excluding carboxylic acids is 3. The molecule has 1 aliphatic carbocycles. The Morgan fingerprint density at radius 3 is 2.32 bits per heavy atom. The number of hydrogen-bond donors (Lipinski definition) is 1. The average molecular weight is 523 g/mol. The maximum Gasteiger partial charge on any atom is 0.510 e. The number of Topliss-reactive ketones (excluding diaryl/α,β-unsaturated/α-hetero) is 1. The van der Waals surface area contributed by atoms with E-state index in [2.05, 4.69) is 0 Å². The van der Waals surface area contributed by atoms with Crippen LogP contribution in [0.15, 0.2) is 60.7 Å². The Bertz CT molecular complexity index is 1090. The fourth-order valence-electron chi connectivity index (χ4n) is 6.11. The van der Waals surface area contributed by atoms with Crippen LogP contribution in [0.25, 0.3) is 0 Å². The monoisotopic (exact) mass is 522 g/mol. The second kappa shape index (κ2) is 12.5. The van der Waals surface area contributed by atoms with Crippen LogP contribution in [0.1, 0.15) is 50.7 Å². The van der Waals surface area contributed by atoms with Crippen molar-refractivity contribution in [1.29, 1.82) is 0 Å². The van der Waals surface area contributed by atoms with Crippen LogP contribution < -0.4 is 5.73 Å². The minimum Gasteiger partial charge on any atom is -0.466 e. The predicted molar refractivity (Wildman–Crippen MR) is 142 cm³/mol. The van der Waals surface area contributed by atoms with Crippen molar-refractivity contribution in [2.45, 2.75) is 70.4 Å². The van der Waals surface area contributed by atoms with Gasteiger partial charge < -0.3 is 19.9 Å². The molecule has 8 heteroatoms.